The lowest BCUT2D eigenvalue weighted by atomic mass is 10.1. The summed E-state index contributed by atoms with van der Waals surface area (Å²) in [6.07, 6.45) is 3.53. The highest BCUT2D eigenvalue weighted by atomic mass is 16.6. The second kappa shape index (κ2) is 8.57. The Hall–Kier alpha value is -4.72. The number of nitrogens with zero attached hydrogens (tertiary/aromatic N) is 5. The van der Waals surface area contributed by atoms with E-state index in [1.165, 1.54) is 4.68 Å². The van der Waals surface area contributed by atoms with Crippen molar-refractivity contribution in [3.8, 4) is 28.4 Å². The van der Waals surface area contributed by atoms with Crippen LogP contribution < -0.4 is 15.0 Å². The maximum Gasteiger partial charge on any atom is 0.282 e. The van der Waals surface area contributed by atoms with Crippen LogP contribution >= 0.6 is 0 Å². The van der Waals surface area contributed by atoms with Gasteiger partial charge in [0, 0.05) is 17.3 Å². The molecule has 1 aliphatic heterocycles. The second-order valence-corrected chi connectivity index (χ2v) is 8.11. The molecule has 35 heavy (non-hydrogen) atoms. The van der Waals surface area contributed by atoms with Crippen LogP contribution in [0.15, 0.2) is 88.9 Å². The van der Waals surface area contributed by atoms with Crippen molar-refractivity contribution >= 4 is 17.1 Å². The van der Waals surface area contributed by atoms with Gasteiger partial charge in [0.2, 0.25) is 0 Å². The molecule has 5 aromatic rings. The minimum Gasteiger partial charge on any atom is -0.486 e. The van der Waals surface area contributed by atoms with Crippen LogP contribution in [0, 0.1) is 6.92 Å². The van der Waals surface area contributed by atoms with E-state index < -0.39 is 0 Å². The molecule has 0 amide bonds. The summed E-state index contributed by atoms with van der Waals surface area (Å²) in [6, 6.07) is 22.8. The number of rotatable bonds is 4. The Labute approximate surface area is 200 Å². The van der Waals surface area contributed by atoms with Crippen molar-refractivity contribution in [1.82, 2.24) is 19.4 Å². The van der Waals surface area contributed by atoms with Crippen LogP contribution in [0.5, 0.6) is 11.5 Å². The number of ether oxygens (including phenoxy) is 2. The van der Waals surface area contributed by atoms with Crippen LogP contribution in [0.1, 0.15) is 11.4 Å². The summed E-state index contributed by atoms with van der Waals surface area (Å²) in [4.78, 5) is 17.6. The molecule has 1 aliphatic rings. The number of aryl methyl sites for hydroxylation is 1. The first-order valence-corrected chi connectivity index (χ1v) is 11.3. The quantitative estimate of drug-likeness (QED) is 0.373. The van der Waals surface area contributed by atoms with Crippen molar-refractivity contribution in [2.75, 3.05) is 13.2 Å². The summed E-state index contributed by atoms with van der Waals surface area (Å²) in [5, 5.41) is 9.86. The Morgan fingerprint density at radius 1 is 0.943 bits per heavy atom. The van der Waals surface area contributed by atoms with Crippen LogP contribution in [0.4, 0.5) is 0 Å². The van der Waals surface area contributed by atoms with Crippen LogP contribution in [-0.4, -0.2) is 38.9 Å². The molecule has 3 aromatic carbocycles. The van der Waals surface area contributed by atoms with Crippen LogP contribution in [-0.2, 0) is 0 Å². The fourth-order valence-corrected chi connectivity index (χ4v) is 4.10. The summed E-state index contributed by atoms with van der Waals surface area (Å²) in [7, 11) is 0. The first kappa shape index (κ1) is 20.9. The summed E-state index contributed by atoms with van der Waals surface area (Å²) >= 11 is 0. The molecule has 172 valence electrons. The van der Waals surface area contributed by atoms with Crippen molar-refractivity contribution in [3.05, 3.63) is 101 Å². The molecule has 6 rings (SSSR count). The molecule has 2 aromatic heterocycles. The van der Waals surface area contributed by atoms with Crippen molar-refractivity contribution in [2.24, 2.45) is 5.10 Å². The number of hydrogen-bond acceptors (Lipinski definition) is 6. The number of aromatic nitrogens is 4. The highest BCUT2D eigenvalue weighted by Crippen LogP contribution is 2.35. The Balaban J connectivity index is 1.48. The lowest BCUT2D eigenvalue weighted by Crippen LogP contribution is -2.20. The monoisotopic (exact) mass is 463 g/mol. The molecule has 0 saturated heterocycles. The van der Waals surface area contributed by atoms with Gasteiger partial charge in [-0.05, 0) is 49.4 Å². The van der Waals surface area contributed by atoms with Crippen molar-refractivity contribution < 1.29 is 9.47 Å². The smallest absolute Gasteiger partial charge is 0.282 e. The molecule has 8 heteroatoms. The van der Waals surface area contributed by atoms with Gasteiger partial charge in [-0.3, -0.25) is 4.79 Å². The summed E-state index contributed by atoms with van der Waals surface area (Å²) in [5.74, 6) is 1.89. The van der Waals surface area contributed by atoms with E-state index >= 15 is 0 Å². The molecule has 0 unspecified atom stereocenters. The SMILES string of the molecule is Cc1nc2ccccc2c(=O)n1N=Cc1cn(-c2ccccc2)nc1-c1ccc2c(c1)OCCO2. The van der Waals surface area contributed by atoms with Crippen LogP contribution in [0.2, 0.25) is 0 Å². The third kappa shape index (κ3) is 3.85. The Morgan fingerprint density at radius 3 is 2.57 bits per heavy atom. The fraction of sp³-hybridized carbons (Fsp3) is 0.111. The topological polar surface area (TPSA) is 83.5 Å². The minimum atomic E-state index is -0.222. The summed E-state index contributed by atoms with van der Waals surface area (Å²) in [6.45, 7) is 2.79. The first-order valence-electron chi connectivity index (χ1n) is 11.3. The molecule has 0 spiro atoms. The highest BCUT2D eigenvalue weighted by Gasteiger charge is 2.17. The standard InChI is InChI=1S/C27H21N5O3/c1-18-29-23-10-6-5-9-22(23)27(33)32(18)28-16-20-17-31(21-7-3-2-4-8-21)30-26(20)19-11-12-24-25(15-19)35-14-13-34-24/h2-12,15-17H,13-14H2,1H3. The minimum absolute atomic E-state index is 0.222. The van der Waals surface area contributed by atoms with Gasteiger partial charge in [-0.1, -0.05) is 30.3 Å². The maximum absolute atomic E-state index is 13.1. The van der Waals surface area contributed by atoms with Gasteiger partial charge in [0.1, 0.15) is 24.7 Å². The normalized spacial score (nSPS) is 12.9. The van der Waals surface area contributed by atoms with Gasteiger partial charge in [0.25, 0.3) is 5.56 Å². The van der Waals surface area contributed by atoms with Crippen molar-refractivity contribution in [2.45, 2.75) is 6.92 Å². The van der Waals surface area contributed by atoms with E-state index in [-0.39, 0.29) is 5.56 Å². The first-order chi connectivity index (χ1) is 17.2. The maximum atomic E-state index is 13.1. The third-order valence-corrected chi connectivity index (χ3v) is 5.81. The van der Waals surface area contributed by atoms with E-state index in [2.05, 4.69) is 10.1 Å². The van der Waals surface area contributed by atoms with Crippen LogP contribution in [0.3, 0.4) is 0 Å². The Bertz CT molecular complexity index is 1640. The molecule has 0 saturated carbocycles. The summed E-state index contributed by atoms with van der Waals surface area (Å²) < 4.78 is 14.5. The number of para-hydroxylation sites is 2. The van der Waals surface area contributed by atoms with Gasteiger partial charge in [-0.25, -0.2) is 9.67 Å². The van der Waals surface area contributed by atoms with Crippen LogP contribution in [0.25, 0.3) is 27.8 Å². The van der Waals surface area contributed by atoms with Crippen molar-refractivity contribution in [3.63, 3.8) is 0 Å². The fourth-order valence-electron chi connectivity index (χ4n) is 4.10. The van der Waals surface area contributed by atoms with Gasteiger partial charge >= 0.3 is 0 Å². The molecule has 0 bridgehead atoms. The lowest BCUT2D eigenvalue weighted by molar-refractivity contribution is 0.171. The molecule has 0 fully saturated rings. The number of hydrogen-bond donors (Lipinski definition) is 0. The zero-order valence-electron chi connectivity index (χ0n) is 19.0. The Morgan fingerprint density at radius 2 is 1.71 bits per heavy atom. The molecule has 0 atom stereocenters. The highest BCUT2D eigenvalue weighted by molar-refractivity contribution is 5.89. The second-order valence-electron chi connectivity index (χ2n) is 8.11. The van der Waals surface area contributed by atoms with Gasteiger partial charge in [0.15, 0.2) is 11.5 Å². The average Bonchev–Trinajstić information content (AvgIpc) is 3.33. The van der Waals surface area contributed by atoms with Crippen molar-refractivity contribution in [1.29, 1.82) is 0 Å². The van der Waals surface area contributed by atoms with E-state index in [9.17, 15) is 4.79 Å². The van der Waals surface area contributed by atoms with Gasteiger partial charge in [-0.15, -0.1) is 0 Å². The van der Waals surface area contributed by atoms with E-state index in [4.69, 9.17) is 14.6 Å². The van der Waals surface area contributed by atoms with Gasteiger partial charge in [-0.2, -0.15) is 14.9 Å². The number of benzene rings is 3. The third-order valence-electron chi connectivity index (χ3n) is 5.81. The zero-order chi connectivity index (χ0) is 23.8. The average molecular weight is 463 g/mol. The molecule has 3 heterocycles. The van der Waals surface area contributed by atoms with E-state index in [0.29, 0.717) is 47.1 Å². The number of fused-ring (bicyclic) bond motifs is 2. The van der Waals surface area contributed by atoms with E-state index in [0.717, 1.165) is 16.8 Å². The largest absolute Gasteiger partial charge is 0.486 e. The van der Waals surface area contributed by atoms with Gasteiger partial charge in [0.05, 0.1) is 22.8 Å². The zero-order valence-corrected chi connectivity index (χ0v) is 19.0. The molecule has 0 radical (unpaired) electrons. The molecular weight excluding hydrogens is 442 g/mol. The molecule has 0 aliphatic carbocycles. The predicted molar refractivity (Wildman–Crippen MR) is 134 cm³/mol. The van der Waals surface area contributed by atoms with Gasteiger partial charge < -0.3 is 9.47 Å². The Kier molecular flexibility index (Phi) is 5.11. The predicted octanol–water partition coefficient (Wildman–Crippen LogP) is 4.21. The molecule has 0 N–H and O–H groups in total. The van der Waals surface area contributed by atoms with E-state index in [1.54, 1.807) is 23.9 Å². The summed E-state index contributed by atoms with van der Waals surface area (Å²) in [5.41, 5.74) is 3.63. The molecule has 8 nitrogen and oxygen atoms in total. The lowest BCUT2D eigenvalue weighted by Gasteiger charge is -2.18. The molecular formula is C27H21N5O3. The van der Waals surface area contributed by atoms with E-state index in [1.807, 2.05) is 72.9 Å².